The monoisotopic (exact) mass is 425 g/mol. The van der Waals surface area contributed by atoms with E-state index in [4.69, 9.17) is 0 Å². The second kappa shape index (κ2) is 8.55. The highest BCUT2D eigenvalue weighted by Gasteiger charge is 2.24. The van der Waals surface area contributed by atoms with Crippen molar-refractivity contribution in [2.45, 2.75) is 36.3 Å². The van der Waals surface area contributed by atoms with Gasteiger partial charge < -0.3 is 10.2 Å². The number of carbonyl (C=O) groups is 2. The van der Waals surface area contributed by atoms with Gasteiger partial charge in [0.2, 0.25) is 0 Å². The number of rotatable bonds is 5. The zero-order valence-electron chi connectivity index (χ0n) is 16.5. The van der Waals surface area contributed by atoms with Crippen molar-refractivity contribution in [2.24, 2.45) is 0 Å². The lowest BCUT2D eigenvalue weighted by Crippen LogP contribution is -2.29. The number of carbonyl (C=O) groups excluding carboxylic acids is 2. The van der Waals surface area contributed by atoms with E-state index in [0.717, 1.165) is 40.5 Å². The van der Waals surface area contributed by atoms with Crippen molar-refractivity contribution < 1.29 is 9.59 Å². The maximum atomic E-state index is 12.9. The lowest BCUT2D eigenvalue weighted by atomic mass is 10.1. The maximum Gasteiger partial charge on any atom is 0.256 e. The number of thiazole rings is 1. The first-order chi connectivity index (χ1) is 14.0. The molecule has 1 aliphatic heterocycles. The summed E-state index contributed by atoms with van der Waals surface area (Å²) in [5.41, 5.74) is 2.50. The van der Waals surface area contributed by atoms with Crippen molar-refractivity contribution in [1.82, 2.24) is 9.88 Å². The summed E-state index contributed by atoms with van der Waals surface area (Å²) in [6, 6.07) is 12.8. The lowest BCUT2D eigenvalue weighted by molar-refractivity contribution is 0.0787. The molecule has 0 saturated carbocycles. The number of thioether (sulfide) groups is 1. The van der Waals surface area contributed by atoms with Crippen molar-refractivity contribution in [3.63, 3.8) is 0 Å². The molecule has 0 radical (unpaired) electrons. The van der Waals surface area contributed by atoms with E-state index in [1.54, 1.807) is 47.4 Å². The fourth-order valence-corrected chi connectivity index (χ4v) is 5.72. The molecule has 7 heteroatoms. The summed E-state index contributed by atoms with van der Waals surface area (Å²) in [4.78, 5) is 32.2. The van der Waals surface area contributed by atoms with E-state index in [2.05, 4.69) is 24.1 Å². The molecule has 3 aromatic rings. The number of aromatic nitrogens is 1. The second-order valence-corrected chi connectivity index (χ2v) is 10.2. The first-order valence-corrected chi connectivity index (χ1v) is 11.5. The molecular weight excluding hydrogens is 402 g/mol. The van der Waals surface area contributed by atoms with Crippen molar-refractivity contribution >= 4 is 50.8 Å². The molecule has 1 aliphatic rings. The van der Waals surface area contributed by atoms with Crippen LogP contribution in [0.5, 0.6) is 0 Å². The van der Waals surface area contributed by atoms with Gasteiger partial charge >= 0.3 is 0 Å². The molecule has 1 fully saturated rings. The number of amides is 2. The van der Waals surface area contributed by atoms with Gasteiger partial charge in [-0.15, -0.1) is 11.3 Å². The number of hydrogen-bond donors (Lipinski definition) is 1. The number of hydrogen-bond acceptors (Lipinski definition) is 5. The molecule has 0 bridgehead atoms. The van der Waals surface area contributed by atoms with Gasteiger partial charge in [0.05, 0.1) is 21.3 Å². The Balaban J connectivity index is 1.55. The molecule has 2 aromatic carbocycles. The molecule has 5 nitrogen and oxygen atoms in total. The first kappa shape index (κ1) is 19.9. The van der Waals surface area contributed by atoms with E-state index in [9.17, 15) is 9.59 Å². The average Bonchev–Trinajstić information content (AvgIpc) is 3.36. The van der Waals surface area contributed by atoms with Crippen LogP contribution in [0.4, 0.5) is 5.69 Å². The Morgan fingerprint density at radius 3 is 2.55 bits per heavy atom. The summed E-state index contributed by atoms with van der Waals surface area (Å²) in [6.07, 6.45) is 2.04. The van der Waals surface area contributed by atoms with Crippen LogP contribution >= 0.6 is 23.1 Å². The molecule has 29 heavy (non-hydrogen) atoms. The van der Waals surface area contributed by atoms with Crippen LogP contribution in [0.15, 0.2) is 46.8 Å². The number of likely N-dealkylation sites (tertiary alicyclic amines) is 1. The van der Waals surface area contributed by atoms with Crippen molar-refractivity contribution in [2.75, 3.05) is 18.4 Å². The molecule has 2 amide bonds. The van der Waals surface area contributed by atoms with Crippen LogP contribution in [0.1, 0.15) is 47.4 Å². The first-order valence-electron chi connectivity index (χ1n) is 9.78. The van der Waals surface area contributed by atoms with Crippen molar-refractivity contribution in [3.05, 3.63) is 53.6 Å². The van der Waals surface area contributed by atoms with Gasteiger partial charge in [-0.3, -0.25) is 9.59 Å². The van der Waals surface area contributed by atoms with Gasteiger partial charge in [-0.1, -0.05) is 37.7 Å². The molecule has 0 aliphatic carbocycles. The number of anilines is 1. The van der Waals surface area contributed by atoms with E-state index in [1.807, 2.05) is 23.1 Å². The van der Waals surface area contributed by atoms with Crippen LogP contribution in [0.3, 0.4) is 0 Å². The van der Waals surface area contributed by atoms with Crippen LogP contribution in [-0.2, 0) is 0 Å². The van der Waals surface area contributed by atoms with Gasteiger partial charge in [-0.05, 0) is 43.2 Å². The van der Waals surface area contributed by atoms with E-state index in [-0.39, 0.29) is 11.8 Å². The molecule has 0 unspecified atom stereocenters. The van der Waals surface area contributed by atoms with Gasteiger partial charge in [0.25, 0.3) is 11.8 Å². The summed E-state index contributed by atoms with van der Waals surface area (Å²) in [7, 11) is 0. The van der Waals surface area contributed by atoms with Gasteiger partial charge in [0.15, 0.2) is 4.34 Å². The molecule has 2 heterocycles. The molecule has 0 spiro atoms. The fraction of sp³-hybridized carbons (Fsp3) is 0.318. The highest BCUT2D eigenvalue weighted by molar-refractivity contribution is 8.01. The van der Waals surface area contributed by atoms with E-state index in [1.165, 1.54) is 0 Å². The van der Waals surface area contributed by atoms with E-state index >= 15 is 0 Å². The third kappa shape index (κ3) is 4.46. The van der Waals surface area contributed by atoms with Gasteiger partial charge in [0.1, 0.15) is 0 Å². The van der Waals surface area contributed by atoms with Crippen LogP contribution in [0.2, 0.25) is 0 Å². The maximum absolute atomic E-state index is 12.9. The van der Waals surface area contributed by atoms with Gasteiger partial charge in [-0.25, -0.2) is 4.98 Å². The highest BCUT2D eigenvalue weighted by atomic mass is 32.2. The van der Waals surface area contributed by atoms with Crippen LogP contribution in [0.25, 0.3) is 10.2 Å². The topological polar surface area (TPSA) is 62.3 Å². The SMILES string of the molecule is CC(C)Sc1nc2ccc(NC(=O)c3ccccc3C(=O)N3CCCC3)cc2s1. The Bertz CT molecular complexity index is 1060. The molecular formula is C22H23N3O2S2. The number of fused-ring (bicyclic) bond motifs is 1. The summed E-state index contributed by atoms with van der Waals surface area (Å²) >= 11 is 3.36. The average molecular weight is 426 g/mol. The largest absolute Gasteiger partial charge is 0.339 e. The van der Waals surface area contributed by atoms with Crippen molar-refractivity contribution in [1.29, 1.82) is 0 Å². The molecule has 4 rings (SSSR count). The highest BCUT2D eigenvalue weighted by Crippen LogP contribution is 2.33. The molecule has 1 saturated heterocycles. The minimum atomic E-state index is -0.270. The summed E-state index contributed by atoms with van der Waals surface area (Å²) in [5.74, 6) is -0.338. The van der Waals surface area contributed by atoms with E-state index < -0.39 is 0 Å². The smallest absolute Gasteiger partial charge is 0.256 e. The minimum Gasteiger partial charge on any atom is -0.339 e. The minimum absolute atomic E-state index is 0.0680. The number of benzene rings is 2. The number of nitrogens with one attached hydrogen (secondary N) is 1. The normalized spacial score (nSPS) is 14.0. The molecule has 150 valence electrons. The summed E-state index contributed by atoms with van der Waals surface area (Å²) in [6.45, 7) is 5.80. The van der Waals surface area contributed by atoms with Crippen LogP contribution < -0.4 is 5.32 Å². The zero-order chi connectivity index (χ0) is 20.4. The summed E-state index contributed by atoms with van der Waals surface area (Å²) < 4.78 is 2.06. The molecule has 1 aromatic heterocycles. The van der Waals surface area contributed by atoms with Crippen LogP contribution in [-0.4, -0.2) is 40.0 Å². The predicted octanol–water partition coefficient (Wildman–Crippen LogP) is 5.29. The number of nitrogens with zero attached hydrogens (tertiary/aromatic N) is 2. The molecule has 0 atom stereocenters. The van der Waals surface area contributed by atoms with E-state index in [0.29, 0.717) is 22.1 Å². The Morgan fingerprint density at radius 1 is 1.10 bits per heavy atom. The Kier molecular flexibility index (Phi) is 5.87. The van der Waals surface area contributed by atoms with Crippen LogP contribution in [0, 0.1) is 0 Å². The predicted molar refractivity (Wildman–Crippen MR) is 120 cm³/mol. The molecule has 1 N–H and O–H groups in total. The zero-order valence-corrected chi connectivity index (χ0v) is 18.1. The third-order valence-corrected chi connectivity index (χ3v) is 6.87. The lowest BCUT2D eigenvalue weighted by Gasteiger charge is -2.17. The third-order valence-electron chi connectivity index (χ3n) is 4.76. The Hall–Kier alpha value is -2.38. The van der Waals surface area contributed by atoms with Gasteiger partial charge in [0, 0.05) is 24.0 Å². The Labute approximate surface area is 178 Å². The van der Waals surface area contributed by atoms with Gasteiger partial charge in [-0.2, -0.15) is 0 Å². The quantitative estimate of drug-likeness (QED) is 0.565. The fourth-order valence-electron chi connectivity index (χ4n) is 3.39. The second-order valence-electron chi connectivity index (χ2n) is 7.33. The standard InChI is InChI=1S/C22H23N3O2S2/c1-14(2)28-22-24-18-10-9-15(13-19(18)29-22)23-20(26)16-7-3-4-8-17(16)21(27)25-11-5-6-12-25/h3-4,7-10,13-14H,5-6,11-12H2,1-2H3,(H,23,26). The van der Waals surface area contributed by atoms with Crippen molar-refractivity contribution in [3.8, 4) is 0 Å². The Morgan fingerprint density at radius 2 is 1.83 bits per heavy atom. The summed E-state index contributed by atoms with van der Waals surface area (Å²) in [5, 5.41) is 3.42.